The highest BCUT2D eigenvalue weighted by Gasteiger charge is 2.41. The first-order chi connectivity index (χ1) is 4.93. The third-order valence-electron chi connectivity index (χ3n) is 2.00. The van der Waals surface area contributed by atoms with Crippen LogP contribution in [-0.4, -0.2) is 35.1 Å². The van der Waals surface area contributed by atoms with Crippen molar-refractivity contribution in [1.29, 1.82) is 0 Å². The summed E-state index contributed by atoms with van der Waals surface area (Å²) in [5.41, 5.74) is -0.100. The Hall–Kier alpha value is -0.120. The number of ether oxygens (including phenoxy) is 1. The van der Waals surface area contributed by atoms with Crippen LogP contribution in [0, 0.1) is 5.41 Å². The molecule has 0 aromatic heterocycles. The van der Waals surface area contributed by atoms with E-state index in [0.29, 0.717) is 0 Å². The first kappa shape index (κ1) is 8.97. The number of aliphatic hydroxyl groups is 2. The molecule has 1 aliphatic heterocycles. The molecule has 3 heteroatoms. The molecular weight excluding hydrogens is 144 g/mol. The Morgan fingerprint density at radius 3 is 2.00 bits per heavy atom. The van der Waals surface area contributed by atoms with Crippen LogP contribution in [0.1, 0.15) is 20.8 Å². The predicted molar refractivity (Wildman–Crippen MR) is 41.2 cm³/mol. The summed E-state index contributed by atoms with van der Waals surface area (Å²) in [6, 6.07) is 0. The third-order valence-corrected chi connectivity index (χ3v) is 2.00. The van der Waals surface area contributed by atoms with Gasteiger partial charge in [-0.1, -0.05) is 20.8 Å². The molecule has 1 aliphatic rings. The molecule has 1 fully saturated rings. The Bertz CT molecular complexity index is 139. The minimum absolute atomic E-state index is 0.100. The lowest BCUT2D eigenvalue weighted by molar-refractivity contribution is -0.0344. The van der Waals surface area contributed by atoms with Crippen LogP contribution in [-0.2, 0) is 4.74 Å². The van der Waals surface area contributed by atoms with Crippen molar-refractivity contribution in [1.82, 2.24) is 0 Å². The fourth-order valence-electron chi connectivity index (χ4n) is 1.36. The van der Waals surface area contributed by atoms with E-state index in [1.807, 2.05) is 20.8 Å². The molecular formula is C8H16O3. The van der Waals surface area contributed by atoms with Crippen molar-refractivity contribution in [2.45, 2.75) is 39.1 Å². The van der Waals surface area contributed by atoms with Gasteiger partial charge in [-0.05, 0) is 5.41 Å². The minimum atomic E-state index is -0.727. The number of hydrogen-bond donors (Lipinski definition) is 2. The van der Waals surface area contributed by atoms with Crippen molar-refractivity contribution in [2.24, 2.45) is 5.41 Å². The van der Waals surface area contributed by atoms with Gasteiger partial charge in [-0.25, -0.2) is 0 Å². The van der Waals surface area contributed by atoms with Crippen LogP contribution in [0.5, 0.6) is 0 Å². The van der Waals surface area contributed by atoms with Crippen molar-refractivity contribution in [3.63, 3.8) is 0 Å². The summed E-state index contributed by atoms with van der Waals surface area (Å²) in [6.45, 7) is 6.21. The zero-order chi connectivity index (χ0) is 8.65. The smallest absolute Gasteiger partial charge is 0.109 e. The normalized spacial score (nSPS) is 39.5. The van der Waals surface area contributed by atoms with E-state index in [0.717, 1.165) is 0 Å². The Kier molecular flexibility index (Phi) is 2.23. The van der Waals surface area contributed by atoms with E-state index in [2.05, 4.69) is 0 Å². The van der Waals surface area contributed by atoms with Crippen molar-refractivity contribution in [3.8, 4) is 0 Å². The second-order valence-corrected chi connectivity index (χ2v) is 4.18. The van der Waals surface area contributed by atoms with Gasteiger partial charge in [0.25, 0.3) is 0 Å². The lowest BCUT2D eigenvalue weighted by Crippen LogP contribution is -2.38. The van der Waals surface area contributed by atoms with Crippen LogP contribution in [0.25, 0.3) is 0 Å². The lowest BCUT2D eigenvalue weighted by atomic mass is 9.85. The van der Waals surface area contributed by atoms with Crippen LogP contribution in [0.2, 0.25) is 0 Å². The van der Waals surface area contributed by atoms with Crippen molar-refractivity contribution in [2.75, 3.05) is 6.61 Å². The average molecular weight is 160 g/mol. The molecule has 1 heterocycles. The summed E-state index contributed by atoms with van der Waals surface area (Å²) >= 11 is 0. The molecule has 0 spiro atoms. The van der Waals surface area contributed by atoms with Gasteiger partial charge in [-0.3, -0.25) is 0 Å². The Morgan fingerprint density at radius 2 is 1.82 bits per heavy atom. The molecule has 11 heavy (non-hydrogen) atoms. The van der Waals surface area contributed by atoms with Gasteiger partial charge in [0, 0.05) is 0 Å². The van der Waals surface area contributed by atoms with Gasteiger partial charge in [0.2, 0.25) is 0 Å². The van der Waals surface area contributed by atoms with Gasteiger partial charge in [0.15, 0.2) is 0 Å². The van der Waals surface area contributed by atoms with Crippen LogP contribution in [0.3, 0.4) is 0 Å². The van der Waals surface area contributed by atoms with E-state index < -0.39 is 12.2 Å². The molecule has 3 atom stereocenters. The average Bonchev–Trinajstić information content (AvgIpc) is 2.11. The first-order valence-corrected chi connectivity index (χ1v) is 3.90. The summed E-state index contributed by atoms with van der Waals surface area (Å²) in [5, 5.41) is 18.6. The van der Waals surface area contributed by atoms with Crippen molar-refractivity contribution < 1.29 is 14.9 Å². The molecule has 0 bridgehead atoms. The lowest BCUT2D eigenvalue weighted by Gasteiger charge is -2.28. The highest BCUT2D eigenvalue weighted by Crippen LogP contribution is 2.30. The first-order valence-electron chi connectivity index (χ1n) is 3.90. The highest BCUT2D eigenvalue weighted by molar-refractivity contribution is 4.90. The maximum atomic E-state index is 9.42. The maximum Gasteiger partial charge on any atom is 0.109 e. The van der Waals surface area contributed by atoms with E-state index in [1.165, 1.54) is 0 Å². The molecule has 2 N–H and O–H groups in total. The second-order valence-electron chi connectivity index (χ2n) is 4.18. The molecule has 3 nitrogen and oxygen atoms in total. The van der Waals surface area contributed by atoms with E-state index in [1.54, 1.807) is 0 Å². The Balaban J connectivity index is 2.62. The highest BCUT2D eigenvalue weighted by atomic mass is 16.5. The topological polar surface area (TPSA) is 49.7 Å². The summed E-state index contributed by atoms with van der Waals surface area (Å²) < 4.78 is 5.24. The summed E-state index contributed by atoms with van der Waals surface area (Å²) in [5.74, 6) is 0. The van der Waals surface area contributed by atoms with Crippen LogP contribution < -0.4 is 0 Å². The molecule has 1 unspecified atom stereocenters. The molecule has 0 saturated carbocycles. The quantitative estimate of drug-likeness (QED) is 0.530. The fraction of sp³-hybridized carbons (Fsp3) is 1.00. The van der Waals surface area contributed by atoms with Gasteiger partial charge in [-0.2, -0.15) is 0 Å². The van der Waals surface area contributed by atoms with Crippen LogP contribution >= 0.6 is 0 Å². The standard InChI is InChI=1S/C8H16O3/c1-8(2,3)7-6(10)5(9)4-11-7/h5-7,9-10H,4H2,1-3H3/t5?,6-,7+/m0/s1. The number of hydrogen-bond acceptors (Lipinski definition) is 3. The largest absolute Gasteiger partial charge is 0.388 e. The van der Waals surface area contributed by atoms with Gasteiger partial charge in [0.1, 0.15) is 12.2 Å². The zero-order valence-electron chi connectivity index (χ0n) is 7.24. The summed E-state index contributed by atoms with van der Waals surface area (Å²) in [7, 11) is 0. The molecule has 1 saturated heterocycles. The van der Waals surface area contributed by atoms with Gasteiger partial charge in [0.05, 0.1) is 12.7 Å². The number of aliphatic hydroxyl groups excluding tert-OH is 2. The minimum Gasteiger partial charge on any atom is -0.388 e. The molecule has 1 rings (SSSR count). The third kappa shape index (κ3) is 1.72. The molecule has 0 aromatic rings. The van der Waals surface area contributed by atoms with Crippen molar-refractivity contribution >= 4 is 0 Å². The van der Waals surface area contributed by atoms with Gasteiger partial charge in [-0.15, -0.1) is 0 Å². The molecule has 0 aliphatic carbocycles. The Morgan fingerprint density at radius 1 is 1.27 bits per heavy atom. The molecule has 0 amide bonds. The van der Waals surface area contributed by atoms with Gasteiger partial charge >= 0.3 is 0 Å². The second kappa shape index (κ2) is 2.73. The SMILES string of the molecule is CC(C)(C)[C@@H]1OCC(O)[C@@H]1O. The Labute approximate surface area is 67.0 Å². The van der Waals surface area contributed by atoms with E-state index in [4.69, 9.17) is 9.84 Å². The summed E-state index contributed by atoms with van der Waals surface area (Å²) in [4.78, 5) is 0. The number of rotatable bonds is 0. The summed E-state index contributed by atoms with van der Waals surface area (Å²) in [6.07, 6.45) is -1.67. The molecule has 0 aromatic carbocycles. The fourth-order valence-corrected chi connectivity index (χ4v) is 1.36. The monoisotopic (exact) mass is 160 g/mol. The van der Waals surface area contributed by atoms with E-state index >= 15 is 0 Å². The van der Waals surface area contributed by atoms with E-state index in [-0.39, 0.29) is 18.1 Å². The zero-order valence-corrected chi connectivity index (χ0v) is 7.24. The van der Waals surface area contributed by atoms with Crippen molar-refractivity contribution in [3.05, 3.63) is 0 Å². The van der Waals surface area contributed by atoms with Crippen LogP contribution in [0.4, 0.5) is 0 Å². The van der Waals surface area contributed by atoms with Crippen LogP contribution in [0.15, 0.2) is 0 Å². The van der Waals surface area contributed by atoms with E-state index in [9.17, 15) is 5.11 Å². The van der Waals surface area contributed by atoms with Gasteiger partial charge < -0.3 is 14.9 Å². The maximum absolute atomic E-state index is 9.42. The predicted octanol–water partition coefficient (Wildman–Crippen LogP) is 0.153. The molecule has 66 valence electrons. The molecule has 0 radical (unpaired) electrons.